The molecule has 0 radical (unpaired) electrons. The van der Waals surface area contributed by atoms with Crippen LogP contribution in [0.3, 0.4) is 0 Å². The Labute approximate surface area is 121 Å². The highest BCUT2D eigenvalue weighted by molar-refractivity contribution is 5.92. The molecule has 0 aromatic carbocycles. The van der Waals surface area contributed by atoms with E-state index in [0.717, 1.165) is 31.5 Å². The van der Waals surface area contributed by atoms with Gasteiger partial charge in [-0.3, -0.25) is 4.79 Å². The van der Waals surface area contributed by atoms with Gasteiger partial charge in [0.1, 0.15) is 0 Å². The first-order valence-corrected chi connectivity index (χ1v) is 7.76. The second-order valence-corrected chi connectivity index (χ2v) is 6.32. The Bertz CT molecular complexity index is 465. The summed E-state index contributed by atoms with van der Waals surface area (Å²) in [5, 5.41) is 0. The molecule has 1 unspecified atom stereocenters. The van der Waals surface area contributed by atoms with E-state index in [1.807, 2.05) is 11.8 Å². The Hall–Kier alpha value is -1.32. The minimum Gasteiger partial charge on any atom is -0.435 e. The molecule has 0 saturated carbocycles. The number of aryl methyl sites for hydroxylation is 1. The topological polar surface area (TPSA) is 46.3 Å². The minimum atomic E-state index is 0.0133. The number of oxazole rings is 1. The van der Waals surface area contributed by atoms with Gasteiger partial charge in [-0.05, 0) is 32.6 Å². The molecule has 20 heavy (non-hydrogen) atoms. The number of carbonyl (C=O) groups is 1. The molecule has 1 atom stereocenters. The summed E-state index contributed by atoms with van der Waals surface area (Å²) in [6, 6.07) is 0.294. The van der Waals surface area contributed by atoms with Crippen molar-refractivity contribution < 1.29 is 9.21 Å². The second-order valence-electron chi connectivity index (χ2n) is 6.32. The van der Waals surface area contributed by atoms with Gasteiger partial charge in [0, 0.05) is 19.0 Å². The first-order chi connectivity index (χ1) is 9.49. The molecule has 1 amide bonds. The second kappa shape index (κ2) is 6.42. The van der Waals surface area contributed by atoms with E-state index in [1.54, 1.807) is 0 Å². The molecule has 1 saturated heterocycles. The molecule has 0 N–H and O–H groups in total. The van der Waals surface area contributed by atoms with Gasteiger partial charge in [-0.25, -0.2) is 4.98 Å². The average Bonchev–Trinajstić information content (AvgIpc) is 2.58. The average molecular weight is 278 g/mol. The smallest absolute Gasteiger partial charge is 0.291 e. The molecule has 1 aromatic heterocycles. The number of aromatic nitrogens is 1. The molecule has 1 aliphatic heterocycles. The molecule has 4 heteroatoms. The molecule has 0 bridgehead atoms. The van der Waals surface area contributed by atoms with E-state index in [4.69, 9.17) is 4.42 Å². The molecular weight excluding hydrogens is 252 g/mol. The summed E-state index contributed by atoms with van der Waals surface area (Å²) in [5.74, 6) is 1.62. The number of carbonyl (C=O) groups excluding carboxylic acids is 1. The van der Waals surface area contributed by atoms with Crippen LogP contribution in [0.25, 0.3) is 0 Å². The summed E-state index contributed by atoms with van der Waals surface area (Å²) in [6.45, 7) is 9.07. The molecular formula is C16H26N2O2. The van der Waals surface area contributed by atoms with Gasteiger partial charge in [-0.15, -0.1) is 0 Å². The van der Waals surface area contributed by atoms with E-state index in [0.29, 0.717) is 23.6 Å². The summed E-state index contributed by atoms with van der Waals surface area (Å²) in [5.41, 5.74) is 0.724. The van der Waals surface area contributed by atoms with Gasteiger partial charge >= 0.3 is 0 Å². The van der Waals surface area contributed by atoms with Crippen LogP contribution in [0.2, 0.25) is 0 Å². The Balaban J connectivity index is 2.17. The van der Waals surface area contributed by atoms with Crippen molar-refractivity contribution in [3.8, 4) is 0 Å². The largest absolute Gasteiger partial charge is 0.435 e. The first kappa shape index (κ1) is 15.1. The summed E-state index contributed by atoms with van der Waals surface area (Å²) in [7, 11) is 0. The normalized spacial score (nSPS) is 20.2. The molecule has 1 aromatic rings. The first-order valence-electron chi connectivity index (χ1n) is 7.76. The van der Waals surface area contributed by atoms with Crippen molar-refractivity contribution in [2.24, 2.45) is 5.92 Å². The Morgan fingerprint density at radius 2 is 2.15 bits per heavy atom. The number of hydrogen-bond acceptors (Lipinski definition) is 3. The fraction of sp³-hybridized carbons (Fsp3) is 0.750. The molecule has 2 heterocycles. The third kappa shape index (κ3) is 3.41. The zero-order chi connectivity index (χ0) is 14.7. The predicted molar refractivity (Wildman–Crippen MR) is 78.7 cm³/mol. The van der Waals surface area contributed by atoms with Crippen LogP contribution in [0.5, 0.6) is 0 Å². The van der Waals surface area contributed by atoms with Gasteiger partial charge in [0.15, 0.2) is 5.89 Å². The van der Waals surface area contributed by atoms with Crippen LogP contribution >= 0.6 is 0 Å². The van der Waals surface area contributed by atoms with Crippen molar-refractivity contribution in [3.05, 3.63) is 17.3 Å². The maximum atomic E-state index is 12.7. The van der Waals surface area contributed by atoms with E-state index in [1.165, 1.54) is 12.8 Å². The highest BCUT2D eigenvalue weighted by Gasteiger charge is 2.27. The Morgan fingerprint density at radius 1 is 1.40 bits per heavy atom. The lowest BCUT2D eigenvalue weighted by atomic mass is 10.1. The molecule has 1 aliphatic rings. The number of nitrogens with zero attached hydrogens (tertiary/aromatic N) is 2. The van der Waals surface area contributed by atoms with Crippen molar-refractivity contribution in [2.45, 2.75) is 65.8 Å². The van der Waals surface area contributed by atoms with Gasteiger partial charge in [0.05, 0.1) is 5.69 Å². The molecule has 4 nitrogen and oxygen atoms in total. The quantitative estimate of drug-likeness (QED) is 0.849. The monoisotopic (exact) mass is 278 g/mol. The summed E-state index contributed by atoms with van der Waals surface area (Å²) < 4.78 is 5.73. The van der Waals surface area contributed by atoms with E-state index in [9.17, 15) is 4.79 Å². The van der Waals surface area contributed by atoms with Crippen LogP contribution in [0, 0.1) is 12.8 Å². The molecule has 112 valence electrons. The fourth-order valence-corrected chi connectivity index (χ4v) is 2.79. The van der Waals surface area contributed by atoms with Gasteiger partial charge in [0.2, 0.25) is 5.76 Å². The number of likely N-dealkylation sites (tertiary alicyclic amines) is 1. The van der Waals surface area contributed by atoms with E-state index < -0.39 is 0 Å². The van der Waals surface area contributed by atoms with Crippen LogP contribution in [0.4, 0.5) is 0 Å². The lowest BCUT2D eigenvalue weighted by molar-refractivity contribution is 0.0662. The van der Waals surface area contributed by atoms with Crippen molar-refractivity contribution >= 4 is 5.91 Å². The van der Waals surface area contributed by atoms with Crippen LogP contribution < -0.4 is 0 Å². The molecule has 0 spiro atoms. The van der Waals surface area contributed by atoms with Gasteiger partial charge < -0.3 is 9.32 Å². The van der Waals surface area contributed by atoms with Crippen molar-refractivity contribution in [3.63, 3.8) is 0 Å². The van der Waals surface area contributed by atoms with Crippen molar-refractivity contribution in [2.75, 3.05) is 6.54 Å². The van der Waals surface area contributed by atoms with Crippen LogP contribution in [-0.4, -0.2) is 28.4 Å². The molecule has 1 fully saturated rings. The van der Waals surface area contributed by atoms with E-state index >= 15 is 0 Å². The standard InChI is InChI=1S/C16H26N2O2/c1-11(2)10-14-17-13(4)15(20-14)16(19)18-9-7-5-6-8-12(18)3/h11-12H,5-10H2,1-4H3. The molecule has 2 rings (SSSR count). The van der Waals surface area contributed by atoms with Crippen molar-refractivity contribution in [1.82, 2.24) is 9.88 Å². The molecule has 0 aliphatic carbocycles. The highest BCUT2D eigenvalue weighted by atomic mass is 16.4. The predicted octanol–water partition coefficient (Wildman–Crippen LogP) is 3.59. The lowest BCUT2D eigenvalue weighted by Gasteiger charge is -2.26. The number of hydrogen-bond donors (Lipinski definition) is 0. The van der Waals surface area contributed by atoms with Crippen LogP contribution in [0.15, 0.2) is 4.42 Å². The summed E-state index contributed by atoms with van der Waals surface area (Å²) >= 11 is 0. The SMILES string of the molecule is Cc1nc(CC(C)C)oc1C(=O)N1CCCCCC1C. The van der Waals surface area contributed by atoms with Crippen LogP contribution in [-0.2, 0) is 6.42 Å². The third-order valence-electron chi connectivity index (χ3n) is 3.93. The van der Waals surface area contributed by atoms with Crippen molar-refractivity contribution in [1.29, 1.82) is 0 Å². The summed E-state index contributed by atoms with van der Waals surface area (Å²) in [6.07, 6.45) is 5.37. The zero-order valence-electron chi connectivity index (χ0n) is 13.1. The van der Waals surface area contributed by atoms with Gasteiger partial charge in [-0.2, -0.15) is 0 Å². The third-order valence-corrected chi connectivity index (χ3v) is 3.93. The fourth-order valence-electron chi connectivity index (χ4n) is 2.79. The Morgan fingerprint density at radius 3 is 2.85 bits per heavy atom. The van der Waals surface area contributed by atoms with Gasteiger partial charge in [-0.1, -0.05) is 26.7 Å². The van der Waals surface area contributed by atoms with Crippen LogP contribution in [0.1, 0.15) is 68.6 Å². The Kier molecular flexibility index (Phi) is 4.84. The zero-order valence-corrected chi connectivity index (χ0v) is 13.1. The van der Waals surface area contributed by atoms with E-state index in [-0.39, 0.29) is 5.91 Å². The summed E-state index contributed by atoms with van der Waals surface area (Å²) in [4.78, 5) is 19.0. The lowest BCUT2D eigenvalue weighted by Crippen LogP contribution is -2.38. The highest BCUT2D eigenvalue weighted by Crippen LogP contribution is 2.21. The van der Waals surface area contributed by atoms with Gasteiger partial charge in [0.25, 0.3) is 5.91 Å². The maximum Gasteiger partial charge on any atom is 0.291 e. The number of amides is 1. The van der Waals surface area contributed by atoms with E-state index in [2.05, 4.69) is 25.8 Å². The number of rotatable bonds is 3. The maximum absolute atomic E-state index is 12.7. The minimum absolute atomic E-state index is 0.0133.